The molecule has 134 valence electrons. The Hall–Kier alpha value is -1.78. The molecule has 0 aliphatic rings. The molecule has 2 atom stereocenters. The number of thiophene rings is 1. The highest BCUT2D eigenvalue weighted by molar-refractivity contribution is 7.58. The van der Waals surface area contributed by atoms with Crippen LogP contribution in [0.3, 0.4) is 0 Å². The summed E-state index contributed by atoms with van der Waals surface area (Å²) < 4.78 is 13.4. The van der Waals surface area contributed by atoms with Gasteiger partial charge in [-0.25, -0.2) is 0 Å². The molecule has 0 fully saturated rings. The van der Waals surface area contributed by atoms with E-state index in [0.717, 1.165) is 15.8 Å². The normalized spacial score (nSPS) is 15.2. The topological polar surface area (TPSA) is 67.3 Å². The van der Waals surface area contributed by atoms with Crippen LogP contribution in [-0.4, -0.2) is 22.3 Å². The van der Waals surface area contributed by atoms with Gasteiger partial charge in [0.2, 0.25) is 7.37 Å². The summed E-state index contributed by atoms with van der Waals surface area (Å²) in [6.07, 6.45) is 5.13. The van der Waals surface area contributed by atoms with Gasteiger partial charge < -0.3 is 4.89 Å². The number of benzene rings is 1. The standard InChI is InChI=1S/C19H17ClNO3PS/c1-25(23,24)19(16-12-26-18-9-8-13(20)11-15(16)18)17(22)7-4-6-14-5-2-3-10-21-14/h2-6,8-12,19H,7H2,1H3,(H,23,24)/b6-4+. The number of carbonyl (C=O) groups excluding carboxylic acids is 1. The van der Waals surface area contributed by atoms with Gasteiger partial charge in [0.1, 0.15) is 5.66 Å². The number of aromatic nitrogens is 1. The molecule has 4 nitrogen and oxygen atoms in total. The molecule has 2 heterocycles. The molecule has 7 heteroatoms. The number of hydrogen-bond donors (Lipinski definition) is 1. The first-order chi connectivity index (χ1) is 12.4. The van der Waals surface area contributed by atoms with Crippen LogP contribution < -0.4 is 0 Å². The van der Waals surface area contributed by atoms with Crippen LogP contribution in [0.2, 0.25) is 5.02 Å². The number of nitrogens with zero attached hydrogens (tertiary/aromatic N) is 1. The first kappa shape index (κ1) is 19.0. The highest BCUT2D eigenvalue weighted by atomic mass is 35.5. The Morgan fingerprint density at radius 2 is 2.19 bits per heavy atom. The minimum atomic E-state index is -3.69. The highest BCUT2D eigenvalue weighted by Crippen LogP contribution is 2.55. The van der Waals surface area contributed by atoms with Gasteiger partial charge >= 0.3 is 0 Å². The molecule has 0 saturated carbocycles. The number of carbonyl (C=O) groups is 1. The first-order valence-electron chi connectivity index (χ1n) is 7.93. The van der Waals surface area contributed by atoms with Crippen LogP contribution in [0.1, 0.15) is 23.3 Å². The fraction of sp³-hybridized carbons (Fsp3) is 0.158. The molecule has 0 aliphatic carbocycles. The maximum Gasteiger partial charge on any atom is 0.212 e. The average molecular weight is 406 g/mol. The zero-order valence-corrected chi connectivity index (χ0v) is 16.5. The lowest BCUT2D eigenvalue weighted by atomic mass is 10.0. The summed E-state index contributed by atoms with van der Waals surface area (Å²) in [5, 5.41) is 3.06. The fourth-order valence-electron chi connectivity index (χ4n) is 2.81. The van der Waals surface area contributed by atoms with Crippen molar-refractivity contribution in [3.63, 3.8) is 0 Å². The van der Waals surface area contributed by atoms with Crippen molar-refractivity contribution in [1.29, 1.82) is 0 Å². The molecule has 0 spiro atoms. The van der Waals surface area contributed by atoms with Crippen molar-refractivity contribution in [2.45, 2.75) is 12.1 Å². The zero-order chi connectivity index (χ0) is 18.7. The molecule has 1 aromatic carbocycles. The molecule has 0 aliphatic heterocycles. The molecule has 1 N–H and O–H groups in total. The third kappa shape index (κ3) is 4.30. The molecular formula is C19H17ClNO3PS. The zero-order valence-electron chi connectivity index (χ0n) is 14.0. The number of halogens is 1. The molecule has 3 rings (SSSR count). The summed E-state index contributed by atoms with van der Waals surface area (Å²) in [5.74, 6) is -0.301. The number of pyridine rings is 1. The Bertz CT molecular complexity index is 1010. The predicted molar refractivity (Wildman–Crippen MR) is 108 cm³/mol. The van der Waals surface area contributed by atoms with Gasteiger partial charge in [0.25, 0.3) is 0 Å². The second kappa shape index (κ2) is 7.85. The van der Waals surface area contributed by atoms with Gasteiger partial charge in [0.05, 0.1) is 5.69 Å². The smallest absolute Gasteiger partial charge is 0.212 e. The maximum atomic E-state index is 12.8. The molecule has 2 unspecified atom stereocenters. The maximum absolute atomic E-state index is 12.8. The van der Waals surface area contributed by atoms with E-state index in [1.807, 2.05) is 24.3 Å². The van der Waals surface area contributed by atoms with E-state index in [1.165, 1.54) is 18.0 Å². The minimum absolute atomic E-state index is 0.0531. The van der Waals surface area contributed by atoms with Gasteiger partial charge in [-0.3, -0.25) is 14.3 Å². The quantitative estimate of drug-likeness (QED) is 0.545. The van der Waals surface area contributed by atoms with Gasteiger partial charge in [0.15, 0.2) is 5.78 Å². The number of hydrogen-bond acceptors (Lipinski definition) is 4. The lowest BCUT2D eigenvalue weighted by molar-refractivity contribution is -0.118. The Kier molecular flexibility index (Phi) is 5.73. The van der Waals surface area contributed by atoms with Crippen molar-refractivity contribution in [3.8, 4) is 0 Å². The van der Waals surface area contributed by atoms with Gasteiger partial charge in [-0.15, -0.1) is 11.3 Å². The van der Waals surface area contributed by atoms with Gasteiger partial charge in [-0.2, -0.15) is 0 Å². The molecule has 2 aromatic heterocycles. The molecule has 0 bridgehead atoms. The second-order valence-corrected chi connectivity index (χ2v) is 9.76. The number of rotatable bonds is 6. The van der Waals surface area contributed by atoms with Crippen molar-refractivity contribution < 1.29 is 14.3 Å². The van der Waals surface area contributed by atoms with Gasteiger partial charge in [0, 0.05) is 29.0 Å². The summed E-state index contributed by atoms with van der Waals surface area (Å²) in [5.41, 5.74) is 0.230. The van der Waals surface area contributed by atoms with E-state index in [0.29, 0.717) is 10.6 Å². The van der Waals surface area contributed by atoms with E-state index in [-0.39, 0.29) is 12.2 Å². The Morgan fingerprint density at radius 1 is 1.38 bits per heavy atom. The van der Waals surface area contributed by atoms with Crippen molar-refractivity contribution in [2.75, 3.05) is 6.66 Å². The van der Waals surface area contributed by atoms with Crippen molar-refractivity contribution >= 4 is 52.3 Å². The Morgan fingerprint density at radius 3 is 2.88 bits per heavy atom. The average Bonchev–Trinajstić information content (AvgIpc) is 2.97. The van der Waals surface area contributed by atoms with E-state index in [9.17, 15) is 14.3 Å². The van der Waals surface area contributed by atoms with Crippen LogP contribution in [0.25, 0.3) is 16.2 Å². The molecule has 0 amide bonds. The fourth-order valence-corrected chi connectivity index (χ4v) is 5.42. The van der Waals surface area contributed by atoms with Crippen LogP contribution in [0, 0.1) is 0 Å². The summed E-state index contributed by atoms with van der Waals surface area (Å²) >= 11 is 7.50. The summed E-state index contributed by atoms with van der Waals surface area (Å²) in [7, 11) is -3.69. The third-order valence-corrected chi connectivity index (χ3v) is 6.68. The molecule has 0 radical (unpaired) electrons. The Labute approximate surface area is 160 Å². The lowest BCUT2D eigenvalue weighted by Crippen LogP contribution is -2.11. The van der Waals surface area contributed by atoms with Crippen LogP contribution in [-0.2, 0) is 9.36 Å². The van der Waals surface area contributed by atoms with Crippen LogP contribution in [0.4, 0.5) is 0 Å². The minimum Gasteiger partial charge on any atom is -0.344 e. The predicted octanol–water partition coefficient (Wildman–Crippen LogP) is 5.56. The SMILES string of the molecule is CP(=O)(O)C(C(=O)C/C=C/c1ccccn1)c1csc2ccc(Cl)cc12. The van der Waals surface area contributed by atoms with Gasteiger partial charge in [-0.05, 0) is 52.7 Å². The van der Waals surface area contributed by atoms with E-state index >= 15 is 0 Å². The molecule has 26 heavy (non-hydrogen) atoms. The summed E-state index contributed by atoms with van der Waals surface area (Å²) in [6, 6.07) is 10.8. The molecular weight excluding hydrogens is 389 g/mol. The second-order valence-electron chi connectivity index (χ2n) is 6.00. The van der Waals surface area contributed by atoms with Crippen LogP contribution in [0.15, 0.2) is 54.1 Å². The monoisotopic (exact) mass is 405 g/mol. The van der Waals surface area contributed by atoms with E-state index in [1.54, 1.807) is 35.9 Å². The number of ketones is 1. The highest BCUT2D eigenvalue weighted by Gasteiger charge is 2.35. The molecule has 3 aromatic rings. The van der Waals surface area contributed by atoms with Crippen molar-refractivity contribution in [3.05, 3.63) is 70.3 Å². The number of allylic oxidation sites excluding steroid dienone is 1. The van der Waals surface area contributed by atoms with E-state index in [2.05, 4.69) is 4.98 Å². The number of Topliss-reactive ketones (excluding diaryl/α,β-unsaturated/α-hetero) is 1. The summed E-state index contributed by atoms with van der Waals surface area (Å²) in [6.45, 7) is 1.23. The Balaban J connectivity index is 1.91. The molecule has 0 saturated heterocycles. The summed E-state index contributed by atoms with van der Waals surface area (Å²) in [4.78, 5) is 27.2. The van der Waals surface area contributed by atoms with Crippen molar-refractivity contribution in [1.82, 2.24) is 4.98 Å². The number of fused-ring (bicyclic) bond motifs is 1. The van der Waals surface area contributed by atoms with Crippen LogP contribution >= 0.6 is 30.3 Å². The van der Waals surface area contributed by atoms with E-state index < -0.39 is 13.0 Å². The first-order valence-corrected chi connectivity index (χ1v) is 11.4. The largest absolute Gasteiger partial charge is 0.344 e. The van der Waals surface area contributed by atoms with Crippen molar-refractivity contribution in [2.24, 2.45) is 0 Å². The van der Waals surface area contributed by atoms with Gasteiger partial charge in [-0.1, -0.05) is 23.7 Å². The van der Waals surface area contributed by atoms with Crippen LogP contribution in [0.5, 0.6) is 0 Å². The third-order valence-electron chi connectivity index (χ3n) is 3.94. The lowest BCUT2D eigenvalue weighted by Gasteiger charge is -2.18. The van der Waals surface area contributed by atoms with E-state index in [4.69, 9.17) is 11.6 Å².